The number of hydrogen-bond acceptors (Lipinski definition) is 3. The number of aromatic carboxylic acids is 1. The number of nitrogens with zero attached hydrogens (tertiary/aromatic N) is 1. The molecule has 106 valence electrons. The third-order valence-electron chi connectivity index (χ3n) is 4.18. The molecule has 1 saturated carbocycles. The Morgan fingerprint density at radius 1 is 1.30 bits per heavy atom. The monoisotopic (exact) mass is 276 g/mol. The molecular formula is C14H16N2O4. The second-order valence-electron chi connectivity index (χ2n) is 5.42. The van der Waals surface area contributed by atoms with Crippen molar-refractivity contribution in [1.82, 2.24) is 4.90 Å². The minimum Gasteiger partial charge on any atom is -0.505 e. The number of rotatable bonds is 2. The van der Waals surface area contributed by atoms with Crippen LogP contribution in [0.1, 0.15) is 29.6 Å². The maximum Gasteiger partial charge on any atom is 0.339 e. The standard InChI is InChI=1S/C14H16N2O4/c17-12-10(13(18)19)2-1-3-11(12)15-14(20)16-7-8-4-5-9(16)6-8/h1-3,8-9,17H,4-7H2,(H,15,20)(H,18,19). The van der Waals surface area contributed by atoms with Gasteiger partial charge in [-0.3, -0.25) is 0 Å². The average molecular weight is 276 g/mol. The zero-order valence-electron chi connectivity index (χ0n) is 10.9. The van der Waals surface area contributed by atoms with Crippen LogP contribution in [0.2, 0.25) is 0 Å². The minimum atomic E-state index is -1.22. The van der Waals surface area contributed by atoms with E-state index in [0.717, 1.165) is 19.4 Å². The summed E-state index contributed by atoms with van der Waals surface area (Å²) < 4.78 is 0. The molecule has 6 heteroatoms. The second kappa shape index (κ2) is 4.70. The molecule has 1 aliphatic carbocycles. The Balaban J connectivity index is 1.76. The van der Waals surface area contributed by atoms with E-state index in [4.69, 9.17) is 5.11 Å². The predicted molar refractivity (Wildman–Crippen MR) is 71.9 cm³/mol. The highest BCUT2D eigenvalue weighted by Crippen LogP contribution is 2.38. The van der Waals surface area contributed by atoms with Crippen molar-refractivity contribution in [3.05, 3.63) is 23.8 Å². The van der Waals surface area contributed by atoms with Crippen LogP contribution in [-0.4, -0.2) is 39.7 Å². The zero-order chi connectivity index (χ0) is 14.3. The topological polar surface area (TPSA) is 89.9 Å². The highest BCUT2D eigenvalue weighted by molar-refractivity contribution is 5.97. The van der Waals surface area contributed by atoms with Gasteiger partial charge in [-0.15, -0.1) is 0 Å². The summed E-state index contributed by atoms with van der Waals surface area (Å²) in [6.45, 7) is 0.746. The van der Waals surface area contributed by atoms with E-state index in [9.17, 15) is 14.7 Å². The molecule has 2 atom stereocenters. The molecule has 1 aliphatic heterocycles. The molecule has 0 radical (unpaired) electrons. The van der Waals surface area contributed by atoms with Crippen molar-refractivity contribution in [2.75, 3.05) is 11.9 Å². The normalized spacial score (nSPS) is 23.9. The van der Waals surface area contributed by atoms with Gasteiger partial charge < -0.3 is 20.4 Å². The van der Waals surface area contributed by atoms with Gasteiger partial charge in [0.25, 0.3) is 0 Å². The number of carboxylic acids is 1. The minimum absolute atomic E-state index is 0.137. The molecule has 1 aromatic carbocycles. The summed E-state index contributed by atoms with van der Waals surface area (Å²) in [5, 5.41) is 21.4. The number of hydrogen-bond donors (Lipinski definition) is 3. The number of urea groups is 1. The number of carboxylic acid groups (broad SMARTS) is 1. The molecule has 1 heterocycles. The molecule has 1 aromatic rings. The van der Waals surface area contributed by atoms with Crippen LogP contribution in [-0.2, 0) is 0 Å². The zero-order valence-corrected chi connectivity index (χ0v) is 10.9. The number of amides is 2. The van der Waals surface area contributed by atoms with Gasteiger partial charge in [0.1, 0.15) is 5.56 Å². The number of nitrogens with one attached hydrogen (secondary N) is 1. The fraction of sp³-hybridized carbons (Fsp3) is 0.429. The van der Waals surface area contributed by atoms with Gasteiger partial charge in [0.2, 0.25) is 0 Å². The Bertz CT molecular complexity index is 572. The van der Waals surface area contributed by atoms with E-state index < -0.39 is 11.7 Å². The van der Waals surface area contributed by atoms with Crippen molar-refractivity contribution < 1.29 is 19.8 Å². The Kier molecular flexibility index (Phi) is 3.00. The van der Waals surface area contributed by atoms with Crippen molar-refractivity contribution in [2.24, 2.45) is 5.92 Å². The van der Waals surface area contributed by atoms with Gasteiger partial charge in [-0.2, -0.15) is 0 Å². The highest BCUT2D eigenvalue weighted by Gasteiger charge is 2.40. The lowest BCUT2D eigenvalue weighted by Crippen LogP contribution is -2.40. The quantitative estimate of drug-likeness (QED) is 0.722. The van der Waals surface area contributed by atoms with E-state index in [2.05, 4.69) is 5.32 Å². The number of carbonyl (C=O) groups is 2. The molecule has 2 aliphatic rings. The fourth-order valence-corrected chi connectivity index (χ4v) is 3.18. The van der Waals surface area contributed by atoms with Gasteiger partial charge in [0.05, 0.1) is 5.69 Å². The van der Waals surface area contributed by atoms with Crippen LogP contribution in [0, 0.1) is 5.92 Å². The van der Waals surface area contributed by atoms with Gasteiger partial charge in [0.15, 0.2) is 5.75 Å². The van der Waals surface area contributed by atoms with Crippen LogP contribution in [0.3, 0.4) is 0 Å². The van der Waals surface area contributed by atoms with Crippen LogP contribution < -0.4 is 5.32 Å². The molecule has 3 rings (SSSR count). The summed E-state index contributed by atoms with van der Waals surface area (Å²) in [6, 6.07) is 4.30. The van der Waals surface area contributed by atoms with Crippen LogP contribution in [0.5, 0.6) is 5.75 Å². The highest BCUT2D eigenvalue weighted by atomic mass is 16.4. The molecule has 20 heavy (non-hydrogen) atoms. The molecule has 0 spiro atoms. The first kappa shape index (κ1) is 12.8. The summed E-state index contributed by atoms with van der Waals surface area (Å²) in [5.41, 5.74) is -0.0802. The van der Waals surface area contributed by atoms with Crippen molar-refractivity contribution in [3.8, 4) is 5.75 Å². The Hall–Kier alpha value is -2.24. The maximum absolute atomic E-state index is 12.2. The molecule has 1 saturated heterocycles. The van der Waals surface area contributed by atoms with Crippen LogP contribution >= 0.6 is 0 Å². The number of anilines is 1. The Labute approximate surface area is 116 Å². The summed E-state index contributed by atoms with van der Waals surface area (Å²) in [7, 11) is 0. The number of benzene rings is 1. The third-order valence-corrected chi connectivity index (χ3v) is 4.18. The average Bonchev–Trinajstić information content (AvgIpc) is 3.03. The van der Waals surface area contributed by atoms with Crippen molar-refractivity contribution in [3.63, 3.8) is 0 Å². The lowest BCUT2D eigenvalue weighted by Gasteiger charge is -2.27. The Morgan fingerprint density at radius 2 is 2.10 bits per heavy atom. The second-order valence-corrected chi connectivity index (χ2v) is 5.42. The maximum atomic E-state index is 12.2. The van der Waals surface area contributed by atoms with Gasteiger partial charge in [0, 0.05) is 12.6 Å². The third kappa shape index (κ3) is 2.07. The van der Waals surface area contributed by atoms with E-state index in [-0.39, 0.29) is 23.3 Å². The smallest absolute Gasteiger partial charge is 0.339 e. The van der Waals surface area contributed by atoms with Crippen LogP contribution in [0.15, 0.2) is 18.2 Å². The van der Waals surface area contributed by atoms with E-state index in [1.165, 1.54) is 24.6 Å². The number of aromatic hydroxyl groups is 1. The Morgan fingerprint density at radius 3 is 2.70 bits per heavy atom. The largest absolute Gasteiger partial charge is 0.505 e. The van der Waals surface area contributed by atoms with Crippen molar-refractivity contribution >= 4 is 17.7 Å². The number of phenols is 1. The molecule has 2 bridgehead atoms. The number of carbonyl (C=O) groups excluding carboxylic acids is 1. The van der Waals surface area contributed by atoms with Gasteiger partial charge in [-0.1, -0.05) is 6.07 Å². The SMILES string of the molecule is O=C(O)c1cccc(NC(=O)N2CC3CCC2C3)c1O. The number of fused-ring (bicyclic) bond motifs is 2. The van der Waals surface area contributed by atoms with E-state index >= 15 is 0 Å². The van der Waals surface area contributed by atoms with E-state index in [1.807, 2.05) is 0 Å². The molecule has 6 nitrogen and oxygen atoms in total. The number of para-hydroxylation sites is 1. The first-order chi connectivity index (χ1) is 9.56. The van der Waals surface area contributed by atoms with Gasteiger partial charge >= 0.3 is 12.0 Å². The summed E-state index contributed by atoms with van der Waals surface area (Å²) >= 11 is 0. The van der Waals surface area contributed by atoms with E-state index in [1.54, 1.807) is 4.90 Å². The summed E-state index contributed by atoms with van der Waals surface area (Å²) in [4.78, 5) is 24.9. The lowest BCUT2D eigenvalue weighted by atomic mass is 10.1. The fourth-order valence-electron chi connectivity index (χ4n) is 3.18. The lowest BCUT2D eigenvalue weighted by molar-refractivity contribution is 0.0693. The van der Waals surface area contributed by atoms with Crippen molar-refractivity contribution in [2.45, 2.75) is 25.3 Å². The van der Waals surface area contributed by atoms with Crippen LogP contribution in [0.4, 0.5) is 10.5 Å². The number of piperidine rings is 1. The molecule has 2 fully saturated rings. The summed E-state index contributed by atoms with van der Waals surface area (Å²) in [6.07, 6.45) is 3.25. The van der Waals surface area contributed by atoms with Crippen molar-refractivity contribution in [1.29, 1.82) is 0 Å². The molecule has 2 unspecified atom stereocenters. The van der Waals surface area contributed by atoms with Crippen LogP contribution in [0.25, 0.3) is 0 Å². The van der Waals surface area contributed by atoms with Gasteiger partial charge in [-0.25, -0.2) is 9.59 Å². The van der Waals surface area contributed by atoms with Gasteiger partial charge in [-0.05, 0) is 37.3 Å². The molecular weight excluding hydrogens is 260 g/mol. The summed E-state index contributed by atoms with van der Waals surface area (Å²) in [5.74, 6) is -1.04. The first-order valence-corrected chi connectivity index (χ1v) is 6.69. The molecule has 3 N–H and O–H groups in total. The molecule has 2 amide bonds. The first-order valence-electron chi connectivity index (χ1n) is 6.69. The van der Waals surface area contributed by atoms with E-state index in [0.29, 0.717) is 5.92 Å². The number of likely N-dealkylation sites (tertiary alicyclic amines) is 1. The molecule has 0 aromatic heterocycles. The predicted octanol–water partition coefficient (Wildman–Crippen LogP) is 2.11.